The van der Waals surface area contributed by atoms with Crippen LogP contribution in [0.25, 0.3) is 0 Å². The molecular weight excluding hydrogens is 212 g/mol. The molecule has 2 aliphatic rings. The number of rotatable bonds is 2. The third-order valence-electron chi connectivity index (χ3n) is 3.93. The van der Waals surface area contributed by atoms with Crippen molar-refractivity contribution in [2.24, 2.45) is 0 Å². The van der Waals surface area contributed by atoms with Gasteiger partial charge in [0.05, 0.1) is 13.2 Å². The smallest absolute Gasteiger partial charge is 0.0557 e. The van der Waals surface area contributed by atoms with Crippen molar-refractivity contribution in [1.29, 1.82) is 0 Å². The van der Waals surface area contributed by atoms with E-state index in [1.54, 1.807) is 0 Å². The maximum Gasteiger partial charge on any atom is 0.0557 e. The third kappa shape index (κ3) is 2.09. The first-order valence-electron chi connectivity index (χ1n) is 6.53. The molecule has 0 amide bonds. The van der Waals surface area contributed by atoms with Crippen LogP contribution in [0.2, 0.25) is 0 Å². The fourth-order valence-electron chi connectivity index (χ4n) is 2.56. The minimum absolute atomic E-state index is 0.585. The van der Waals surface area contributed by atoms with Crippen LogP contribution in [0.3, 0.4) is 0 Å². The molecule has 92 valence electrons. The molecule has 0 saturated carbocycles. The van der Waals surface area contributed by atoms with E-state index in [4.69, 9.17) is 4.74 Å². The van der Waals surface area contributed by atoms with Crippen molar-refractivity contribution < 1.29 is 4.74 Å². The molecule has 0 bridgehead atoms. The van der Waals surface area contributed by atoms with Crippen LogP contribution in [0, 0.1) is 0 Å². The Hall–Kier alpha value is -0.930. The molecule has 1 aromatic heterocycles. The highest BCUT2D eigenvalue weighted by atomic mass is 16.5. The Labute approximate surface area is 103 Å². The Morgan fingerprint density at radius 1 is 1.41 bits per heavy atom. The number of aromatic nitrogens is 1. The Kier molecular flexibility index (Phi) is 2.89. The first-order valence-corrected chi connectivity index (χ1v) is 6.53. The summed E-state index contributed by atoms with van der Waals surface area (Å²) >= 11 is 0. The van der Waals surface area contributed by atoms with Gasteiger partial charge in [-0.25, -0.2) is 0 Å². The van der Waals surface area contributed by atoms with Gasteiger partial charge in [-0.15, -0.1) is 0 Å². The van der Waals surface area contributed by atoms with Gasteiger partial charge in [0, 0.05) is 43.4 Å². The molecule has 3 nitrogen and oxygen atoms in total. The van der Waals surface area contributed by atoms with Crippen LogP contribution in [0.5, 0.6) is 0 Å². The average Bonchev–Trinajstić information content (AvgIpc) is 2.25. The van der Waals surface area contributed by atoms with E-state index in [-0.39, 0.29) is 0 Å². The van der Waals surface area contributed by atoms with Gasteiger partial charge in [-0.1, -0.05) is 6.07 Å². The molecule has 1 saturated heterocycles. The van der Waals surface area contributed by atoms with E-state index in [0.717, 1.165) is 32.7 Å². The van der Waals surface area contributed by atoms with Crippen LogP contribution >= 0.6 is 0 Å². The summed E-state index contributed by atoms with van der Waals surface area (Å²) in [5.74, 6) is 0.585. The van der Waals surface area contributed by atoms with Gasteiger partial charge in [0.25, 0.3) is 0 Å². The van der Waals surface area contributed by atoms with E-state index in [9.17, 15) is 0 Å². The van der Waals surface area contributed by atoms with Gasteiger partial charge in [0.15, 0.2) is 0 Å². The van der Waals surface area contributed by atoms with Gasteiger partial charge in [-0.2, -0.15) is 0 Å². The lowest BCUT2D eigenvalue weighted by molar-refractivity contribution is 0.00819. The summed E-state index contributed by atoms with van der Waals surface area (Å²) in [5, 5.41) is 0. The van der Waals surface area contributed by atoms with Gasteiger partial charge in [0.1, 0.15) is 0 Å². The Balaban J connectivity index is 1.83. The number of hydrogen-bond donors (Lipinski definition) is 0. The van der Waals surface area contributed by atoms with Gasteiger partial charge in [-0.05, 0) is 25.0 Å². The van der Waals surface area contributed by atoms with E-state index in [0.29, 0.717) is 12.0 Å². The lowest BCUT2D eigenvalue weighted by atomic mass is 9.95. The monoisotopic (exact) mass is 232 g/mol. The molecule has 1 aromatic rings. The summed E-state index contributed by atoms with van der Waals surface area (Å²) in [6.07, 6.45) is 3.14. The van der Waals surface area contributed by atoms with Gasteiger partial charge in [0.2, 0.25) is 0 Å². The average molecular weight is 232 g/mol. The zero-order chi connectivity index (χ0) is 11.8. The number of fused-ring (bicyclic) bond motifs is 1. The summed E-state index contributed by atoms with van der Waals surface area (Å²) in [4.78, 5) is 7.15. The van der Waals surface area contributed by atoms with Crippen molar-refractivity contribution in [3.63, 3.8) is 0 Å². The molecule has 3 heteroatoms. The van der Waals surface area contributed by atoms with Gasteiger partial charge < -0.3 is 4.74 Å². The van der Waals surface area contributed by atoms with Crippen LogP contribution in [-0.2, 0) is 17.7 Å². The van der Waals surface area contributed by atoms with Crippen molar-refractivity contribution in [1.82, 2.24) is 9.88 Å². The predicted octanol–water partition coefficient (Wildman–Crippen LogP) is 1.96. The standard InChI is InChI=1S/C14H20N2O/c1-10(2)16-4-3-14-12(7-16)5-11(6-15-14)13-8-17-9-13/h5-6,10,13H,3-4,7-9H2,1-2H3. The first-order chi connectivity index (χ1) is 8.24. The quantitative estimate of drug-likeness (QED) is 0.779. The van der Waals surface area contributed by atoms with Crippen LogP contribution in [0.1, 0.15) is 36.6 Å². The molecule has 0 spiro atoms. The second kappa shape index (κ2) is 4.39. The SMILES string of the molecule is CC(C)N1CCc2ncc(C3COC3)cc2C1. The first kappa shape index (κ1) is 11.2. The molecule has 3 rings (SSSR count). The Morgan fingerprint density at radius 2 is 2.24 bits per heavy atom. The van der Waals surface area contributed by atoms with Crippen LogP contribution in [-0.4, -0.2) is 35.7 Å². The highest BCUT2D eigenvalue weighted by molar-refractivity contribution is 5.30. The van der Waals surface area contributed by atoms with Crippen molar-refractivity contribution >= 4 is 0 Å². The maximum absolute atomic E-state index is 5.25. The van der Waals surface area contributed by atoms with Crippen molar-refractivity contribution in [3.8, 4) is 0 Å². The Bertz CT molecular complexity index is 413. The van der Waals surface area contributed by atoms with E-state index in [1.807, 2.05) is 0 Å². The highest BCUT2D eigenvalue weighted by Gasteiger charge is 2.24. The largest absolute Gasteiger partial charge is 0.380 e. The molecule has 2 aliphatic heterocycles. The highest BCUT2D eigenvalue weighted by Crippen LogP contribution is 2.27. The van der Waals surface area contributed by atoms with Crippen molar-refractivity contribution in [2.75, 3.05) is 19.8 Å². The summed E-state index contributed by atoms with van der Waals surface area (Å²) in [6.45, 7) is 8.47. The second-order valence-electron chi connectivity index (χ2n) is 5.42. The van der Waals surface area contributed by atoms with E-state index in [2.05, 4.69) is 36.0 Å². The lowest BCUT2D eigenvalue weighted by Gasteiger charge is -2.32. The van der Waals surface area contributed by atoms with E-state index < -0.39 is 0 Å². The summed E-state index contributed by atoms with van der Waals surface area (Å²) in [6, 6.07) is 2.98. The zero-order valence-electron chi connectivity index (χ0n) is 10.6. The topological polar surface area (TPSA) is 25.4 Å². The zero-order valence-corrected chi connectivity index (χ0v) is 10.6. The fraction of sp³-hybridized carbons (Fsp3) is 0.643. The maximum atomic E-state index is 5.25. The normalized spacial score (nSPS) is 21.4. The number of ether oxygens (including phenoxy) is 1. The minimum Gasteiger partial charge on any atom is -0.380 e. The van der Waals surface area contributed by atoms with Crippen LogP contribution in [0.15, 0.2) is 12.3 Å². The molecule has 0 aromatic carbocycles. The minimum atomic E-state index is 0.585. The molecule has 3 heterocycles. The van der Waals surface area contributed by atoms with E-state index >= 15 is 0 Å². The molecule has 0 unspecified atom stereocenters. The predicted molar refractivity (Wildman–Crippen MR) is 67.0 cm³/mol. The van der Waals surface area contributed by atoms with E-state index in [1.165, 1.54) is 16.8 Å². The summed E-state index contributed by atoms with van der Waals surface area (Å²) in [5.41, 5.74) is 4.08. The number of hydrogen-bond acceptors (Lipinski definition) is 3. The van der Waals surface area contributed by atoms with Gasteiger partial charge in [-0.3, -0.25) is 9.88 Å². The van der Waals surface area contributed by atoms with Crippen LogP contribution in [0.4, 0.5) is 0 Å². The molecule has 0 N–H and O–H groups in total. The summed E-state index contributed by atoms with van der Waals surface area (Å²) in [7, 11) is 0. The lowest BCUT2D eigenvalue weighted by Crippen LogP contribution is -2.36. The molecule has 0 aliphatic carbocycles. The fourth-order valence-corrected chi connectivity index (χ4v) is 2.56. The molecular formula is C14H20N2O. The molecule has 0 radical (unpaired) electrons. The van der Waals surface area contributed by atoms with Crippen molar-refractivity contribution in [2.45, 2.75) is 38.8 Å². The second-order valence-corrected chi connectivity index (χ2v) is 5.42. The Morgan fingerprint density at radius 3 is 2.88 bits per heavy atom. The van der Waals surface area contributed by atoms with Crippen molar-refractivity contribution in [3.05, 3.63) is 29.1 Å². The molecule has 1 fully saturated rings. The summed E-state index contributed by atoms with van der Waals surface area (Å²) < 4.78 is 5.25. The molecule has 0 atom stereocenters. The number of pyridine rings is 1. The van der Waals surface area contributed by atoms with Crippen LogP contribution < -0.4 is 0 Å². The number of nitrogens with zero attached hydrogens (tertiary/aromatic N) is 2. The molecule has 17 heavy (non-hydrogen) atoms. The van der Waals surface area contributed by atoms with Gasteiger partial charge >= 0.3 is 0 Å². The third-order valence-corrected chi connectivity index (χ3v) is 3.93.